The van der Waals surface area contributed by atoms with E-state index in [2.05, 4.69) is 6.92 Å². The first-order valence-corrected chi connectivity index (χ1v) is 4.69. The molecule has 0 heterocycles. The number of hydrogen-bond donors (Lipinski definition) is 2. The lowest BCUT2D eigenvalue weighted by molar-refractivity contribution is -0.118. The second-order valence-corrected chi connectivity index (χ2v) is 3.24. The van der Waals surface area contributed by atoms with Gasteiger partial charge in [-0.3, -0.25) is 4.79 Å². The van der Waals surface area contributed by atoms with Crippen molar-refractivity contribution in [1.82, 2.24) is 0 Å². The van der Waals surface area contributed by atoms with Crippen LogP contribution in [0, 0.1) is 5.92 Å². The molecule has 0 rings (SSSR count). The van der Waals surface area contributed by atoms with Gasteiger partial charge < -0.3 is 11.5 Å². The van der Waals surface area contributed by atoms with Crippen molar-refractivity contribution in [3.63, 3.8) is 0 Å². The van der Waals surface area contributed by atoms with Gasteiger partial charge in [-0.25, -0.2) is 0 Å². The zero-order valence-corrected chi connectivity index (χ0v) is 7.88. The fourth-order valence-electron chi connectivity index (χ4n) is 1.42. The van der Waals surface area contributed by atoms with Crippen molar-refractivity contribution in [3.05, 3.63) is 0 Å². The van der Waals surface area contributed by atoms with Gasteiger partial charge in [0.2, 0.25) is 5.91 Å². The maximum Gasteiger partial charge on any atom is 0.217 e. The quantitative estimate of drug-likeness (QED) is 0.602. The van der Waals surface area contributed by atoms with Gasteiger partial charge in [0.25, 0.3) is 0 Å². The van der Waals surface area contributed by atoms with Gasteiger partial charge in [-0.1, -0.05) is 19.8 Å². The van der Waals surface area contributed by atoms with Gasteiger partial charge in [-0.05, 0) is 25.3 Å². The maximum absolute atomic E-state index is 10.5. The van der Waals surface area contributed by atoms with Crippen molar-refractivity contribution >= 4 is 5.91 Å². The van der Waals surface area contributed by atoms with Crippen LogP contribution in [0.3, 0.4) is 0 Å². The van der Waals surface area contributed by atoms with Gasteiger partial charge >= 0.3 is 0 Å². The number of nitrogens with two attached hydrogens (primary N) is 2. The molecular formula is C9H20N2O. The highest BCUT2D eigenvalue weighted by Crippen LogP contribution is 2.16. The summed E-state index contributed by atoms with van der Waals surface area (Å²) in [6.07, 6.45) is 4.74. The first kappa shape index (κ1) is 11.4. The summed E-state index contributed by atoms with van der Waals surface area (Å²) in [6.45, 7) is 2.86. The Balaban J connectivity index is 3.54. The van der Waals surface area contributed by atoms with E-state index in [1.54, 1.807) is 0 Å². The molecule has 0 bridgehead atoms. The molecule has 0 aromatic heterocycles. The van der Waals surface area contributed by atoms with Crippen LogP contribution in [-0.4, -0.2) is 12.5 Å². The lowest BCUT2D eigenvalue weighted by Gasteiger charge is -2.13. The summed E-state index contributed by atoms with van der Waals surface area (Å²) >= 11 is 0. The van der Waals surface area contributed by atoms with E-state index < -0.39 is 0 Å². The van der Waals surface area contributed by atoms with Crippen molar-refractivity contribution < 1.29 is 4.79 Å². The molecule has 0 spiro atoms. The SMILES string of the molecule is CCC[C@@H](CCN)CCC(N)=O. The lowest BCUT2D eigenvalue weighted by atomic mass is 9.94. The highest BCUT2D eigenvalue weighted by atomic mass is 16.1. The van der Waals surface area contributed by atoms with E-state index in [1.807, 2.05) is 0 Å². The average Bonchev–Trinajstić information content (AvgIpc) is 2.01. The smallest absolute Gasteiger partial charge is 0.217 e. The van der Waals surface area contributed by atoms with Crippen molar-refractivity contribution in [2.45, 2.75) is 39.0 Å². The topological polar surface area (TPSA) is 69.1 Å². The molecule has 0 aromatic rings. The van der Waals surface area contributed by atoms with E-state index in [-0.39, 0.29) is 5.91 Å². The molecule has 1 amide bonds. The van der Waals surface area contributed by atoms with Crippen LogP contribution < -0.4 is 11.5 Å². The highest BCUT2D eigenvalue weighted by molar-refractivity contribution is 5.73. The zero-order chi connectivity index (χ0) is 9.40. The second kappa shape index (κ2) is 7.10. The molecule has 0 saturated heterocycles. The minimum absolute atomic E-state index is 0.201. The molecule has 0 saturated carbocycles. The Morgan fingerprint density at radius 1 is 1.33 bits per heavy atom. The summed E-state index contributed by atoms with van der Waals surface area (Å²) in [5, 5.41) is 0. The predicted molar refractivity (Wildman–Crippen MR) is 50.5 cm³/mol. The summed E-state index contributed by atoms with van der Waals surface area (Å²) < 4.78 is 0. The molecule has 12 heavy (non-hydrogen) atoms. The van der Waals surface area contributed by atoms with Gasteiger partial charge in [0.15, 0.2) is 0 Å². The number of hydrogen-bond acceptors (Lipinski definition) is 2. The molecule has 1 atom stereocenters. The van der Waals surface area contributed by atoms with Crippen LogP contribution in [0.15, 0.2) is 0 Å². The molecule has 0 aliphatic carbocycles. The van der Waals surface area contributed by atoms with Crippen molar-refractivity contribution in [3.8, 4) is 0 Å². The van der Waals surface area contributed by atoms with Gasteiger partial charge in [0, 0.05) is 6.42 Å². The third-order valence-corrected chi connectivity index (χ3v) is 2.07. The molecule has 3 nitrogen and oxygen atoms in total. The fourth-order valence-corrected chi connectivity index (χ4v) is 1.42. The van der Waals surface area contributed by atoms with E-state index in [0.717, 1.165) is 25.7 Å². The number of carbonyl (C=O) groups is 1. The Morgan fingerprint density at radius 2 is 2.00 bits per heavy atom. The van der Waals surface area contributed by atoms with Gasteiger partial charge in [0.1, 0.15) is 0 Å². The second-order valence-electron chi connectivity index (χ2n) is 3.24. The molecule has 0 aliphatic heterocycles. The first-order chi connectivity index (χ1) is 5.70. The molecule has 4 N–H and O–H groups in total. The standard InChI is InChI=1S/C9H20N2O/c1-2-3-8(6-7-10)4-5-9(11)12/h8H,2-7,10H2,1H3,(H2,11,12)/t8-/m1/s1. The molecular weight excluding hydrogens is 152 g/mol. The van der Waals surface area contributed by atoms with E-state index in [0.29, 0.717) is 18.9 Å². The van der Waals surface area contributed by atoms with E-state index in [1.165, 1.54) is 0 Å². The largest absolute Gasteiger partial charge is 0.370 e. The summed E-state index contributed by atoms with van der Waals surface area (Å²) in [6, 6.07) is 0. The van der Waals surface area contributed by atoms with Crippen LogP contribution in [0.2, 0.25) is 0 Å². The average molecular weight is 172 g/mol. The lowest BCUT2D eigenvalue weighted by Crippen LogP contribution is -2.15. The number of primary amides is 1. The van der Waals surface area contributed by atoms with Crippen LogP contribution in [0.5, 0.6) is 0 Å². The van der Waals surface area contributed by atoms with E-state index >= 15 is 0 Å². The Labute approximate surface area is 74.5 Å². The normalized spacial score (nSPS) is 12.8. The highest BCUT2D eigenvalue weighted by Gasteiger charge is 2.07. The Morgan fingerprint density at radius 3 is 2.42 bits per heavy atom. The minimum Gasteiger partial charge on any atom is -0.370 e. The summed E-state index contributed by atoms with van der Waals surface area (Å²) in [7, 11) is 0. The van der Waals surface area contributed by atoms with Gasteiger partial charge in [-0.15, -0.1) is 0 Å². The summed E-state index contributed by atoms with van der Waals surface area (Å²) in [4.78, 5) is 10.5. The van der Waals surface area contributed by atoms with Crippen LogP contribution in [0.4, 0.5) is 0 Å². The number of rotatable bonds is 7. The summed E-state index contributed by atoms with van der Waals surface area (Å²) in [5.41, 5.74) is 10.5. The van der Waals surface area contributed by atoms with Crippen LogP contribution >= 0.6 is 0 Å². The molecule has 0 aromatic carbocycles. The number of carbonyl (C=O) groups excluding carboxylic acids is 1. The molecule has 72 valence electrons. The molecule has 0 aliphatic rings. The van der Waals surface area contributed by atoms with E-state index in [4.69, 9.17) is 11.5 Å². The molecule has 3 heteroatoms. The van der Waals surface area contributed by atoms with E-state index in [9.17, 15) is 4.79 Å². The van der Waals surface area contributed by atoms with Crippen molar-refractivity contribution in [2.24, 2.45) is 17.4 Å². The van der Waals surface area contributed by atoms with Crippen LogP contribution in [-0.2, 0) is 4.79 Å². The van der Waals surface area contributed by atoms with Crippen LogP contribution in [0.1, 0.15) is 39.0 Å². The zero-order valence-electron chi connectivity index (χ0n) is 7.88. The third kappa shape index (κ3) is 6.16. The molecule has 0 unspecified atom stereocenters. The Kier molecular flexibility index (Phi) is 6.76. The Bertz CT molecular complexity index is 120. The molecule has 0 radical (unpaired) electrons. The molecule has 0 fully saturated rings. The predicted octanol–water partition coefficient (Wildman–Crippen LogP) is 1.02. The minimum atomic E-state index is -0.201. The monoisotopic (exact) mass is 172 g/mol. The van der Waals surface area contributed by atoms with Gasteiger partial charge in [-0.2, -0.15) is 0 Å². The Hall–Kier alpha value is -0.570. The van der Waals surface area contributed by atoms with Crippen LogP contribution in [0.25, 0.3) is 0 Å². The van der Waals surface area contributed by atoms with Gasteiger partial charge in [0.05, 0.1) is 0 Å². The van der Waals surface area contributed by atoms with Crippen molar-refractivity contribution in [1.29, 1.82) is 0 Å². The third-order valence-electron chi connectivity index (χ3n) is 2.07. The fraction of sp³-hybridized carbons (Fsp3) is 0.889. The number of amides is 1. The first-order valence-electron chi connectivity index (χ1n) is 4.69. The maximum atomic E-state index is 10.5. The van der Waals surface area contributed by atoms with Crippen molar-refractivity contribution in [2.75, 3.05) is 6.54 Å². The summed E-state index contributed by atoms with van der Waals surface area (Å²) in [5.74, 6) is 0.389.